The standard InChI is InChI=1S/C19H15F3N2O2/c1-23-18(25)26-17(15-11-24-10-9-16(15)19(20,21)22)14-8-4-6-12-5-2-3-7-13(12)14/h2-11,17H,1H3,(H,23,25). The number of fused-ring (bicyclic) bond motifs is 1. The van der Waals surface area contributed by atoms with Gasteiger partial charge in [-0.25, -0.2) is 4.79 Å². The highest BCUT2D eigenvalue weighted by atomic mass is 19.4. The Kier molecular flexibility index (Phi) is 4.79. The average molecular weight is 360 g/mol. The number of alkyl carbamates (subject to hydrolysis) is 1. The van der Waals surface area contributed by atoms with E-state index in [9.17, 15) is 18.0 Å². The first-order valence-electron chi connectivity index (χ1n) is 7.79. The highest BCUT2D eigenvalue weighted by Crippen LogP contribution is 2.39. The maximum Gasteiger partial charge on any atom is 0.416 e. The van der Waals surface area contributed by atoms with Crippen LogP contribution in [0.3, 0.4) is 0 Å². The van der Waals surface area contributed by atoms with Crippen LogP contribution in [0, 0.1) is 0 Å². The van der Waals surface area contributed by atoms with Crippen molar-refractivity contribution in [2.24, 2.45) is 0 Å². The Morgan fingerprint density at radius 3 is 2.54 bits per heavy atom. The third-order valence-electron chi connectivity index (χ3n) is 3.97. The number of benzene rings is 2. The monoisotopic (exact) mass is 360 g/mol. The largest absolute Gasteiger partial charge is 0.436 e. The number of carbonyl (C=O) groups excluding carboxylic acids is 1. The predicted octanol–water partition coefficient (Wildman–Crippen LogP) is 4.70. The molecule has 0 aliphatic heterocycles. The van der Waals surface area contributed by atoms with Crippen molar-refractivity contribution in [3.63, 3.8) is 0 Å². The highest BCUT2D eigenvalue weighted by molar-refractivity contribution is 5.86. The number of hydrogen-bond acceptors (Lipinski definition) is 3. The van der Waals surface area contributed by atoms with E-state index >= 15 is 0 Å². The van der Waals surface area contributed by atoms with Crippen LogP contribution in [0.1, 0.15) is 22.8 Å². The van der Waals surface area contributed by atoms with Crippen molar-refractivity contribution < 1.29 is 22.7 Å². The molecule has 1 aromatic heterocycles. The predicted molar refractivity (Wildman–Crippen MR) is 90.6 cm³/mol. The highest BCUT2D eigenvalue weighted by Gasteiger charge is 2.37. The number of alkyl halides is 3. The Bertz CT molecular complexity index is 936. The summed E-state index contributed by atoms with van der Waals surface area (Å²) in [6, 6.07) is 13.3. The topological polar surface area (TPSA) is 51.2 Å². The molecule has 0 fully saturated rings. The summed E-state index contributed by atoms with van der Waals surface area (Å²) >= 11 is 0. The van der Waals surface area contributed by atoms with E-state index < -0.39 is 23.9 Å². The molecule has 7 heteroatoms. The van der Waals surface area contributed by atoms with Gasteiger partial charge in [0.15, 0.2) is 6.10 Å². The Labute approximate surface area is 147 Å². The second-order valence-electron chi connectivity index (χ2n) is 5.56. The van der Waals surface area contributed by atoms with Crippen molar-refractivity contribution in [3.05, 3.63) is 77.6 Å². The van der Waals surface area contributed by atoms with E-state index in [1.54, 1.807) is 24.3 Å². The number of pyridine rings is 1. The first-order valence-corrected chi connectivity index (χ1v) is 7.79. The zero-order chi connectivity index (χ0) is 18.7. The summed E-state index contributed by atoms with van der Waals surface area (Å²) in [6.45, 7) is 0. The normalized spacial score (nSPS) is 12.6. The molecule has 1 amide bonds. The minimum absolute atomic E-state index is 0.222. The molecular weight excluding hydrogens is 345 g/mol. The molecule has 0 bridgehead atoms. The van der Waals surface area contributed by atoms with Crippen LogP contribution < -0.4 is 5.32 Å². The van der Waals surface area contributed by atoms with Crippen molar-refractivity contribution in [1.29, 1.82) is 0 Å². The number of carbonyl (C=O) groups is 1. The Balaban J connectivity index is 2.23. The second-order valence-corrected chi connectivity index (χ2v) is 5.56. The van der Waals surface area contributed by atoms with Gasteiger partial charge >= 0.3 is 12.3 Å². The average Bonchev–Trinajstić information content (AvgIpc) is 2.65. The van der Waals surface area contributed by atoms with Crippen LogP contribution in [0.5, 0.6) is 0 Å². The summed E-state index contributed by atoms with van der Waals surface area (Å²) in [4.78, 5) is 15.6. The Morgan fingerprint density at radius 1 is 1.08 bits per heavy atom. The summed E-state index contributed by atoms with van der Waals surface area (Å²) in [5.41, 5.74) is -0.667. The lowest BCUT2D eigenvalue weighted by Crippen LogP contribution is -2.24. The van der Waals surface area contributed by atoms with Crippen molar-refractivity contribution in [2.75, 3.05) is 7.05 Å². The zero-order valence-corrected chi connectivity index (χ0v) is 13.7. The van der Waals surface area contributed by atoms with Crippen LogP contribution in [-0.4, -0.2) is 18.1 Å². The maximum absolute atomic E-state index is 13.5. The molecule has 0 radical (unpaired) electrons. The molecule has 1 N–H and O–H groups in total. The molecule has 2 aromatic carbocycles. The molecule has 1 unspecified atom stereocenters. The fraction of sp³-hybridized carbons (Fsp3) is 0.158. The first-order chi connectivity index (χ1) is 12.4. The van der Waals surface area contributed by atoms with Gasteiger partial charge in [0.05, 0.1) is 5.56 Å². The molecule has 0 saturated carbocycles. The quantitative estimate of drug-likeness (QED) is 0.737. The van der Waals surface area contributed by atoms with Crippen LogP contribution in [0.2, 0.25) is 0 Å². The molecule has 0 saturated heterocycles. The van der Waals surface area contributed by atoms with Gasteiger partial charge in [-0.05, 0) is 16.8 Å². The van der Waals surface area contributed by atoms with Gasteiger partial charge in [-0.3, -0.25) is 4.98 Å². The van der Waals surface area contributed by atoms with E-state index in [4.69, 9.17) is 4.74 Å². The first kappa shape index (κ1) is 17.7. The summed E-state index contributed by atoms with van der Waals surface area (Å²) in [7, 11) is 1.34. The van der Waals surface area contributed by atoms with Crippen molar-refractivity contribution in [1.82, 2.24) is 10.3 Å². The zero-order valence-electron chi connectivity index (χ0n) is 13.7. The number of nitrogens with one attached hydrogen (secondary N) is 1. The van der Waals surface area contributed by atoms with Gasteiger partial charge in [0.25, 0.3) is 0 Å². The van der Waals surface area contributed by atoms with Crippen LogP contribution in [0.4, 0.5) is 18.0 Å². The van der Waals surface area contributed by atoms with Crippen LogP contribution in [0.25, 0.3) is 10.8 Å². The lowest BCUT2D eigenvalue weighted by molar-refractivity contribution is -0.139. The third kappa shape index (κ3) is 3.46. The summed E-state index contributed by atoms with van der Waals surface area (Å²) < 4.78 is 45.7. The van der Waals surface area contributed by atoms with E-state index in [0.29, 0.717) is 10.9 Å². The van der Waals surface area contributed by atoms with Gasteiger partial charge in [-0.15, -0.1) is 0 Å². The second kappa shape index (κ2) is 7.03. The van der Waals surface area contributed by atoms with Gasteiger partial charge in [0.2, 0.25) is 0 Å². The third-order valence-corrected chi connectivity index (χ3v) is 3.97. The fourth-order valence-electron chi connectivity index (χ4n) is 2.81. The fourth-order valence-corrected chi connectivity index (χ4v) is 2.81. The van der Waals surface area contributed by atoms with Gasteiger partial charge in [0.1, 0.15) is 0 Å². The molecule has 134 valence electrons. The van der Waals surface area contributed by atoms with Gasteiger partial charge in [0, 0.05) is 30.6 Å². The van der Waals surface area contributed by atoms with Crippen molar-refractivity contribution in [2.45, 2.75) is 12.3 Å². The van der Waals surface area contributed by atoms with Crippen LogP contribution in [-0.2, 0) is 10.9 Å². The molecule has 1 atom stereocenters. The molecule has 0 spiro atoms. The molecule has 0 aliphatic carbocycles. The lowest BCUT2D eigenvalue weighted by atomic mass is 9.94. The molecule has 1 heterocycles. The number of nitrogens with zero attached hydrogens (tertiary/aromatic N) is 1. The molecule has 3 rings (SSSR count). The number of hydrogen-bond donors (Lipinski definition) is 1. The Morgan fingerprint density at radius 2 is 1.81 bits per heavy atom. The number of halogens is 3. The van der Waals surface area contributed by atoms with E-state index in [-0.39, 0.29) is 5.56 Å². The Hall–Kier alpha value is -3.09. The minimum atomic E-state index is -4.60. The van der Waals surface area contributed by atoms with E-state index in [0.717, 1.165) is 23.8 Å². The molecule has 0 aliphatic rings. The summed E-state index contributed by atoms with van der Waals surface area (Å²) in [5, 5.41) is 3.80. The van der Waals surface area contributed by atoms with E-state index in [2.05, 4.69) is 10.3 Å². The SMILES string of the molecule is CNC(=O)OC(c1cnccc1C(F)(F)F)c1cccc2ccccc12. The lowest BCUT2D eigenvalue weighted by Gasteiger charge is -2.23. The maximum atomic E-state index is 13.5. The van der Waals surface area contributed by atoms with Crippen LogP contribution in [0.15, 0.2) is 60.9 Å². The van der Waals surface area contributed by atoms with Crippen LogP contribution >= 0.6 is 0 Å². The minimum Gasteiger partial charge on any atom is -0.436 e. The smallest absolute Gasteiger partial charge is 0.416 e. The summed E-state index contributed by atoms with van der Waals surface area (Å²) in [5.74, 6) is 0. The molecule has 3 aromatic rings. The van der Waals surface area contributed by atoms with Crippen molar-refractivity contribution in [3.8, 4) is 0 Å². The van der Waals surface area contributed by atoms with Gasteiger partial charge in [-0.1, -0.05) is 42.5 Å². The van der Waals surface area contributed by atoms with Gasteiger partial charge in [-0.2, -0.15) is 13.2 Å². The van der Waals surface area contributed by atoms with Crippen molar-refractivity contribution >= 4 is 16.9 Å². The number of aromatic nitrogens is 1. The van der Waals surface area contributed by atoms with E-state index in [1.807, 2.05) is 18.2 Å². The molecule has 4 nitrogen and oxygen atoms in total. The molecule has 26 heavy (non-hydrogen) atoms. The molecular formula is C19H15F3N2O2. The number of amides is 1. The van der Waals surface area contributed by atoms with E-state index in [1.165, 1.54) is 7.05 Å². The summed E-state index contributed by atoms with van der Waals surface area (Å²) in [6.07, 6.45) is -4.55. The number of ether oxygens (including phenoxy) is 1. The van der Waals surface area contributed by atoms with Gasteiger partial charge < -0.3 is 10.1 Å². The number of rotatable bonds is 3.